The van der Waals surface area contributed by atoms with E-state index in [0.29, 0.717) is 0 Å². The summed E-state index contributed by atoms with van der Waals surface area (Å²) in [4.78, 5) is 0. The minimum absolute atomic E-state index is 0.813. The fraction of sp³-hybridized carbons (Fsp3) is 0.273. The Morgan fingerprint density at radius 3 is 2.27 bits per heavy atom. The predicted molar refractivity (Wildman–Crippen MR) is 53.3 cm³/mol. The summed E-state index contributed by atoms with van der Waals surface area (Å²) < 4.78 is 0. The molecule has 0 saturated heterocycles. The Bertz CT molecular complexity index is 175. The lowest BCUT2D eigenvalue weighted by atomic mass is 10.2. The van der Waals surface area contributed by atoms with Crippen LogP contribution in [0.5, 0.6) is 0 Å². The summed E-state index contributed by atoms with van der Waals surface area (Å²) in [5.41, 5.74) is 0.813. The molecule has 0 aliphatic heterocycles. The number of terminal acetylenes is 1. The molecular weight excluding hydrogens is 132 g/mol. The van der Waals surface area contributed by atoms with Crippen LogP contribution in [-0.4, -0.2) is 0 Å². The molecule has 0 aromatic carbocycles. The van der Waals surface area contributed by atoms with Gasteiger partial charge in [-0.05, 0) is 13.0 Å². The zero-order valence-electron chi connectivity index (χ0n) is 7.59. The molecule has 0 aliphatic rings. The Morgan fingerprint density at radius 2 is 2.00 bits per heavy atom. The molecule has 0 fully saturated rings. The molecule has 0 rings (SSSR count). The van der Waals surface area contributed by atoms with Gasteiger partial charge in [0.05, 0.1) is 0 Å². The van der Waals surface area contributed by atoms with E-state index in [0.717, 1.165) is 5.57 Å². The Balaban J connectivity index is 0. The molecule has 0 unspecified atom stereocenters. The quantitative estimate of drug-likeness (QED) is 0.416. The zero-order chi connectivity index (χ0) is 9.11. The van der Waals surface area contributed by atoms with Crippen molar-refractivity contribution in [3.05, 3.63) is 36.5 Å². The van der Waals surface area contributed by atoms with Gasteiger partial charge >= 0.3 is 0 Å². The molecule has 0 amide bonds. The largest absolute Gasteiger partial charge is 0.115 e. The van der Waals surface area contributed by atoms with Gasteiger partial charge in [-0.2, -0.15) is 0 Å². The summed E-state index contributed by atoms with van der Waals surface area (Å²) in [6.07, 6.45) is 12.4. The van der Waals surface area contributed by atoms with Gasteiger partial charge in [0.1, 0.15) is 0 Å². The van der Waals surface area contributed by atoms with Crippen LogP contribution in [0.2, 0.25) is 0 Å². The van der Waals surface area contributed by atoms with Gasteiger partial charge in [-0.3, -0.25) is 0 Å². The molecule has 0 aliphatic carbocycles. The zero-order valence-corrected chi connectivity index (χ0v) is 7.59. The van der Waals surface area contributed by atoms with Crippen molar-refractivity contribution in [2.75, 3.05) is 0 Å². The topological polar surface area (TPSA) is 0 Å². The molecule has 0 spiro atoms. The van der Waals surface area contributed by atoms with E-state index < -0.39 is 0 Å². The van der Waals surface area contributed by atoms with Gasteiger partial charge in [-0.25, -0.2) is 0 Å². The van der Waals surface area contributed by atoms with Gasteiger partial charge in [-0.1, -0.05) is 44.6 Å². The highest BCUT2D eigenvalue weighted by Crippen LogP contribution is 1.91. The Hall–Kier alpha value is -1.22. The SMILES string of the molecule is C#C/C(C=C)=C/C=C\C.CC. The highest BCUT2D eigenvalue weighted by Gasteiger charge is 1.75. The maximum atomic E-state index is 5.10. The van der Waals surface area contributed by atoms with Crippen molar-refractivity contribution in [2.45, 2.75) is 20.8 Å². The van der Waals surface area contributed by atoms with Crippen LogP contribution in [0.25, 0.3) is 0 Å². The Labute approximate surface area is 70.3 Å². The number of allylic oxidation sites excluding steroid dienone is 5. The molecule has 0 aromatic rings. The predicted octanol–water partition coefficient (Wildman–Crippen LogP) is 3.33. The first-order valence-corrected chi connectivity index (χ1v) is 3.77. The van der Waals surface area contributed by atoms with Crippen molar-refractivity contribution in [2.24, 2.45) is 0 Å². The van der Waals surface area contributed by atoms with Crippen LogP contribution in [-0.2, 0) is 0 Å². The number of hydrogen-bond donors (Lipinski definition) is 0. The van der Waals surface area contributed by atoms with Crippen LogP contribution >= 0.6 is 0 Å². The number of hydrogen-bond acceptors (Lipinski definition) is 0. The lowest BCUT2D eigenvalue weighted by Gasteiger charge is -1.81. The minimum atomic E-state index is 0.813. The second-order valence-electron chi connectivity index (χ2n) is 1.50. The van der Waals surface area contributed by atoms with E-state index in [-0.39, 0.29) is 0 Å². The van der Waals surface area contributed by atoms with E-state index in [1.165, 1.54) is 0 Å². The van der Waals surface area contributed by atoms with E-state index >= 15 is 0 Å². The Kier molecular flexibility index (Phi) is 13.1. The lowest BCUT2D eigenvalue weighted by molar-refractivity contribution is 1.50. The highest BCUT2D eigenvalue weighted by molar-refractivity contribution is 5.37. The van der Waals surface area contributed by atoms with E-state index in [1.807, 2.05) is 39.0 Å². The molecule has 0 atom stereocenters. The third kappa shape index (κ3) is 8.78. The van der Waals surface area contributed by atoms with Gasteiger partial charge in [-0.15, -0.1) is 6.42 Å². The molecule has 0 radical (unpaired) electrons. The molecular formula is C11H16. The van der Waals surface area contributed by atoms with Crippen LogP contribution in [0.1, 0.15) is 20.8 Å². The fourth-order valence-corrected chi connectivity index (χ4v) is 0.375. The summed E-state index contributed by atoms with van der Waals surface area (Å²) in [6.45, 7) is 9.48. The second-order valence-corrected chi connectivity index (χ2v) is 1.50. The van der Waals surface area contributed by atoms with Gasteiger partial charge in [0.15, 0.2) is 0 Å². The molecule has 0 saturated carbocycles. The van der Waals surface area contributed by atoms with Gasteiger partial charge < -0.3 is 0 Å². The summed E-state index contributed by atoms with van der Waals surface area (Å²) in [5.74, 6) is 2.48. The lowest BCUT2D eigenvalue weighted by Crippen LogP contribution is -1.65. The van der Waals surface area contributed by atoms with Crippen molar-refractivity contribution in [3.63, 3.8) is 0 Å². The van der Waals surface area contributed by atoms with E-state index in [9.17, 15) is 0 Å². The van der Waals surface area contributed by atoms with E-state index in [2.05, 4.69) is 12.5 Å². The van der Waals surface area contributed by atoms with E-state index in [4.69, 9.17) is 6.42 Å². The maximum absolute atomic E-state index is 5.10. The average molecular weight is 148 g/mol. The Morgan fingerprint density at radius 1 is 1.45 bits per heavy atom. The average Bonchev–Trinajstić information content (AvgIpc) is 2.10. The molecule has 0 heteroatoms. The number of rotatable bonds is 2. The third-order valence-electron chi connectivity index (χ3n) is 0.855. The highest BCUT2D eigenvalue weighted by atomic mass is 13.8. The molecule has 11 heavy (non-hydrogen) atoms. The maximum Gasteiger partial charge on any atom is 0.0236 e. The van der Waals surface area contributed by atoms with Crippen LogP contribution in [0, 0.1) is 12.3 Å². The van der Waals surface area contributed by atoms with Crippen molar-refractivity contribution in [1.29, 1.82) is 0 Å². The minimum Gasteiger partial charge on any atom is -0.115 e. The van der Waals surface area contributed by atoms with Crippen molar-refractivity contribution < 1.29 is 0 Å². The first kappa shape index (κ1) is 12.5. The first-order valence-electron chi connectivity index (χ1n) is 3.77. The molecule has 0 nitrogen and oxygen atoms in total. The molecule has 0 bridgehead atoms. The third-order valence-corrected chi connectivity index (χ3v) is 0.855. The monoisotopic (exact) mass is 148 g/mol. The molecule has 0 aromatic heterocycles. The van der Waals surface area contributed by atoms with Crippen LogP contribution in [0.3, 0.4) is 0 Å². The summed E-state index contributed by atoms with van der Waals surface area (Å²) in [7, 11) is 0. The van der Waals surface area contributed by atoms with Crippen LogP contribution in [0.15, 0.2) is 36.5 Å². The standard InChI is InChI=1S/C9H10.C2H6/c1-4-7-8-9(5-2)6-3;1-2/h2,4,6-8H,3H2,1H3;1-2H3/b7-4-,9-8-;. The summed E-state index contributed by atoms with van der Waals surface area (Å²) in [5, 5.41) is 0. The van der Waals surface area contributed by atoms with Crippen molar-refractivity contribution >= 4 is 0 Å². The van der Waals surface area contributed by atoms with Crippen molar-refractivity contribution in [3.8, 4) is 12.3 Å². The van der Waals surface area contributed by atoms with Gasteiger partial charge in [0.2, 0.25) is 0 Å². The van der Waals surface area contributed by atoms with Gasteiger partial charge in [0, 0.05) is 5.57 Å². The van der Waals surface area contributed by atoms with Crippen LogP contribution in [0.4, 0.5) is 0 Å². The normalized spacial score (nSPS) is 9.82. The van der Waals surface area contributed by atoms with Crippen LogP contribution < -0.4 is 0 Å². The van der Waals surface area contributed by atoms with Gasteiger partial charge in [0.25, 0.3) is 0 Å². The second kappa shape index (κ2) is 11.6. The summed E-state index contributed by atoms with van der Waals surface area (Å²) >= 11 is 0. The summed E-state index contributed by atoms with van der Waals surface area (Å²) in [6, 6.07) is 0. The fourth-order valence-electron chi connectivity index (χ4n) is 0.375. The first-order chi connectivity index (χ1) is 5.35. The van der Waals surface area contributed by atoms with Crippen molar-refractivity contribution in [1.82, 2.24) is 0 Å². The smallest absolute Gasteiger partial charge is 0.0236 e. The van der Waals surface area contributed by atoms with E-state index in [1.54, 1.807) is 6.08 Å². The molecule has 0 heterocycles. The molecule has 0 N–H and O–H groups in total. The molecule has 60 valence electrons.